The molecule has 0 saturated carbocycles. The monoisotopic (exact) mass is 360 g/mol. The van der Waals surface area contributed by atoms with Crippen molar-refractivity contribution in [3.8, 4) is 0 Å². The number of aryl methyl sites for hydroxylation is 1. The van der Waals surface area contributed by atoms with E-state index in [0.29, 0.717) is 6.04 Å². The van der Waals surface area contributed by atoms with Crippen LogP contribution in [0.15, 0.2) is 24.4 Å². The maximum atomic E-state index is 6.36. The number of rotatable bonds is 3. The Bertz CT molecular complexity index is 762. The number of hydrogen-bond donors (Lipinski definition) is 0. The van der Waals surface area contributed by atoms with Crippen molar-refractivity contribution in [3.63, 3.8) is 0 Å². The van der Waals surface area contributed by atoms with E-state index in [1.165, 1.54) is 11.1 Å². The van der Waals surface area contributed by atoms with Crippen LogP contribution in [0.5, 0.6) is 0 Å². The van der Waals surface area contributed by atoms with Crippen LogP contribution in [0.4, 0.5) is 0 Å². The molecule has 0 unspecified atom stereocenters. The zero-order valence-electron chi connectivity index (χ0n) is 14.9. The molecule has 6 heteroatoms. The van der Waals surface area contributed by atoms with Gasteiger partial charge in [-0.2, -0.15) is 0 Å². The SMILES string of the molecule is CCn1cc(CN2CC[C@]3(C[C@@H]2C)OCCc2ccc(Cl)cc23)nn1. The number of hydrogen-bond acceptors (Lipinski definition) is 4. The summed E-state index contributed by atoms with van der Waals surface area (Å²) >= 11 is 6.28. The van der Waals surface area contributed by atoms with Gasteiger partial charge in [0.1, 0.15) is 0 Å². The third-order valence-corrected chi connectivity index (χ3v) is 5.87. The molecule has 3 heterocycles. The van der Waals surface area contributed by atoms with Crippen molar-refractivity contribution < 1.29 is 4.74 Å². The quantitative estimate of drug-likeness (QED) is 0.841. The van der Waals surface area contributed by atoms with Gasteiger partial charge in [-0.3, -0.25) is 9.58 Å². The van der Waals surface area contributed by atoms with Crippen molar-refractivity contribution in [2.24, 2.45) is 0 Å². The average molecular weight is 361 g/mol. The second-order valence-electron chi connectivity index (χ2n) is 7.23. The maximum absolute atomic E-state index is 6.36. The smallest absolute Gasteiger partial charge is 0.0967 e. The molecular weight excluding hydrogens is 336 g/mol. The van der Waals surface area contributed by atoms with Gasteiger partial charge in [0, 0.05) is 36.9 Å². The summed E-state index contributed by atoms with van der Waals surface area (Å²) in [6.45, 7) is 7.86. The van der Waals surface area contributed by atoms with Crippen LogP contribution < -0.4 is 0 Å². The van der Waals surface area contributed by atoms with Gasteiger partial charge in [-0.1, -0.05) is 22.9 Å². The fourth-order valence-corrected chi connectivity index (χ4v) is 4.43. The third kappa shape index (κ3) is 3.21. The first-order valence-corrected chi connectivity index (χ1v) is 9.53. The van der Waals surface area contributed by atoms with Gasteiger partial charge < -0.3 is 4.74 Å². The molecule has 1 fully saturated rings. The van der Waals surface area contributed by atoms with Gasteiger partial charge in [-0.15, -0.1) is 5.10 Å². The van der Waals surface area contributed by atoms with E-state index >= 15 is 0 Å². The third-order valence-electron chi connectivity index (χ3n) is 5.64. The summed E-state index contributed by atoms with van der Waals surface area (Å²) in [7, 11) is 0. The molecule has 2 aromatic rings. The summed E-state index contributed by atoms with van der Waals surface area (Å²) in [5.41, 5.74) is 3.55. The topological polar surface area (TPSA) is 43.2 Å². The molecule has 5 nitrogen and oxygen atoms in total. The zero-order chi connectivity index (χ0) is 17.4. The highest BCUT2D eigenvalue weighted by Crippen LogP contribution is 2.44. The van der Waals surface area contributed by atoms with Crippen LogP contribution in [0.25, 0.3) is 0 Å². The van der Waals surface area contributed by atoms with E-state index in [4.69, 9.17) is 16.3 Å². The first-order chi connectivity index (χ1) is 12.1. The van der Waals surface area contributed by atoms with Crippen molar-refractivity contribution in [2.75, 3.05) is 13.2 Å². The summed E-state index contributed by atoms with van der Waals surface area (Å²) < 4.78 is 8.24. The fourth-order valence-electron chi connectivity index (χ4n) is 4.26. The molecule has 2 atom stereocenters. The van der Waals surface area contributed by atoms with Crippen molar-refractivity contribution >= 4 is 11.6 Å². The molecule has 2 aliphatic heterocycles. The zero-order valence-corrected chi connectivity index (χ0v) is 15.7. The molecule has 1 aromatic carbocycles. The highest BCUT2D eigenvalue weighted by Gasteiger charge is 2.43. The molecule has 1 saturated heterocycles. The van der Waals surface area contributed by atoms with Gasteiger partial charge in [0.15, 0.2) is 0 Å². The molecule has 2 aliphatic rings. The predicted octanol–water partition coefficient (Wildman–Crippen LogP) is 3.40. The predicted molar refractivity (Wildman–Crippen MR) is 97.6 cm³/mol. The van der Waals surface area contributed by atoms with Crippen LogP contribution in [-0.2, 0) is 29.8 Å². The minimum Gasteiger partial charge on any atom is -0.370 e. The van der Waals surface area contributed by atoms with Crippen LogP contribution in [0.1, 0.15) is 43.5 Å². The Labute approximate surface area is 153 Å². The van der Waals surface area contributed by atoms with Crippen LogP contribution in [0.2, 0.25) is 5.02 Å². The Balaban J connectivity index is 1.53. The average Bonchev–Trinajstić information content (AvgIpc) is 3.06. The van der Waals surface area contributed by atoms with Gasteiger partial charge in [0.05, 0.1) is 17.9 Å². The normalized spacial score (nSPS) is 26.8. The van der Waals surface area contributed by atoms with Crippen LogP contribution in [0, 0.1) is 0 Å². The number of piperidine rings is 1. The van der Waals surface area contributed by atoms with Gasteiger partial charge >= 0.3 is 0 Å². The molecule has 0 bridgehead atoms. The summed E-state index contributed by atoms with van der Waals surface area (Å²) in [6.07, 6.45) is 5.00. The molecule has 134 valence electrons. The standard InChI is InChI=1S/C19H25ClN4O/c1-3-24-13-17(21-22-24)12-23-8-7-19(11-14(23)2)18-10-16(20)5-4-15(18)6-9-25-19/h4-5,10,13-14H,3,6-9,11-12H2,1-2H3/t14-,19+/m0/s1. The number of likely N-dealkylation sites (tertiary alicyclic amines) is 1. The number of ether oxygens (including phenoxy) is 1. The van der Waals surface area contributed by atoms with E-state index in [1.54, 1.807) is 0 Å². The molecule has 0 radical (unpaired) electrons. The molecule has 1 spiro atoms. The number of benzene rings is 1. The Kier molecular flexibility index (Phi) is 4.56. The van der Waals surface area contributed by atoms with Crippen LogP contribution in [0.3, 0.4) is 0 Å². The van der Waals surface area contributed by atoms with E-state index < -0.39 is 0 Å². The van der Waals surface area contributed by atoms with Crippen molar-refractivity contribution in [1.82, 2.24) is 19.9 Å². The highest BCUT2D eigenvalue weighted by atomic mass is 35.5. The van der Waals surface area contributed by atoms with Crippen LogP contribution in [-0.4, -0.2) is 39.1 Å². The van der Waals surface area contributed by atoms with E-state index in [2.05, 4.69) is 41.2 Å². The molecule has 25 heavy (non-hydrogen) atoms. The van der Waals surface area contributed by atoms with Gasteiger partial charge in [0.25, 0.3) is 0 Å². The van der Waals surface area contributed by atoms with Crippen molar-refractivity contribution in [3.05, 3.63) is 46.2 Å². The number of fused-ring (bicyclic) bond motifs is 2. The van der Waals surface area contributed by atoms with E-state index in [0.717, 1.165) is 56.2 Å². The summed E-state index contributed by atoms with van der Waals surface area (Å²) in [6, 6.07) is 6.70. The number of nitrogens with zero attached hydrogens (tertiary/aromatic N) is 4. The van der Waals surface area contributed by atoms with E-state index in [-0.39, 0.29) is 5.60 Å². The molecule has 0 amide bonds. The van der Waals surface area contributed by atoms with Gasteiger partial charge in [0.2, 0.25) is 0 Å². The fraction of sp³-hybridized carbons (Fsp3) is 0.579. The Morgan fingerprint density at radius 3 is 3.04 bits per heavy atom. The molecule has 4 rings (SSSR count). The van der Waals surface area contributed by atoms with Crippen molar-refractivity contribution in [1.29, 1.82) is 0 Å². The summed E-state index contributed by atoms with van der Waals surface area (Å²) in [4.78, 5) is 2.48. The minimum atomic E-state index is -0.185. The first kappa shape index (κ1) is 17.0. The minimum absolute atomic E-state index is 0.185. The Hall–Kier alpha value is -1.43. The van der Waals surface area contributed by atoms with Crippen LogP contribution >= 0.6 is 11.6 Å². The van der Waals surface area contributed by atoms with E-state index in [9.17, 15) is 0 Å². The molecule has 0 aliphatic carbocycles. The second kappa shape index (κ2) is 6.71. The lowest BCUT2D eigenvalue weighted by Crippen LogP contribution is -2.50. The van der Waals surface area contributed by atoms with Gasteiger partial charge in [-0.25, -0.2) is 0 Å². The lowest BCUT2D eigenvalue weighted by molar-refractivity contribution is -0.113. The summed E-state index contributed by atoms with van der Waals surface area (Å²) in [5.74, 6) is 0. The second-order valence-corrected chi connectivity index (χ2v) is 7.67. The maximum Gasteiger partial charge on any atom is 0.0967 e. The van der Waals surface area contributed by atoms with Crippen molar-refractivity contribution in [2.45, 2.75) is 57.8 Å². The largest absolute Gasteiger partial charge is 0.370 e. The molecule has 0 N–H and O–H groups in total. The Morgan fingerprint density at radius 1 is 1.40 bits per heavy atom. The Morgan fingerprint density at radius 2 is 2.28 bits per heavy atom. The lowest BCUT2D eigenvalue weighted by atomic mass is 9.77. The van der Waals surface area contributed by atoms with Gasteiger partial charge in [-0.05, 0) is 56.4 Å². The first-order valence-electron chi connectivity index (χ1n) is 9.15. The molecule has 1 aromatic heterocycles. The van der Waals surface area contributed by atoms with E-state index in [1.807, 2.05) is 16.9 Å². The summed E-state index contributed by atoms with van der Waals surface area (Å²) in [5, 5.41) is 9.24. The highest BCUT2D eigenvalue weighted by molar-refractivity contribution is 6.30. The number of halogens is 1. The number of aromatic nitrogens is 3. The molecular formula is C19H25ClN4O. The lowest BCUT2D eigenvalue weighted by Gasteiger charge is -2.48.